The maximum Gasteiger partial charge on any atom is 0.410 e. The summed E-state index contributed by atoms with van der Waals surface area (Å²) in [6, 6.07) is 25.6. The number of aromatic nitrogens is 1. The van der Waals surface area contributed by atoms with Gasteiger partial charge in [-0.3, -0.25) is 4.79 Å². The lowest BCUT2D eigenvalue weighted by molar-refractivity contribution is 0.0892. The highest BCUT2D eigenvalue weighted by molar-refractivity contribution is 7.90. The summed E-state index contributed by atoms with van der Waals surface area (Å²) >= 11 is 0. The van der Waals surface area contributed by atoms with Crippen molar-refractivity contribution in [3.8, 4) is 0 Å². The number of sulfonamides is 1. The van der Waals surface area contributed by atoms with Crippen LogP contribution >= 0.6 is 0 Å². The van der Waals surface area contributed by atoms with Crippen LogP contribution in [0, 0.1) is 13.8 Å². The Morgan fingerprint density at radius 3 is 2.21 bits per heavy atom. The van der Waals surface area contributed by atoms with Gasteiger partial charge in [-0.25, -0.2) is 17.9 Å². The van der Waals surface area contributed by atoms with Gasteiger partial charge >= 0.3 is 6.09 Å². The minimum absolute atomic E-state index is 0.159. The van der Waals surface area contributed by atoms with Crippen molar-refractivity contribution in [1.82, 2.24) is 14.2 Å². The Hall–Kier alpha value is -4.11. The van der Waals surface area contributed by atoms with Crippen molar-refractivity contribution in [3.63, 3.8) is 0 Å². The van der Waals surface area contributed by atoms with E-state index in [4.69, 9.17) is 4.74 Å². The molecule has 8 nitrogen and oxygen atoms in total. The molecule has 1 N–H and O–H groups in total. The number of carbonyl (C=O) groups is 2. The molecule has 4 aromatic rings. The van der Waals surface area contributed by atoms with E-state index in [1.165, 1.54) is 10.5 Å². The molecule has 42 heavy (non-hydrogen) atoms. The van der Waals surface area contributed by atoms with Crippen molar-refractivity contribution in [1.29, 1.82) is 0 Å². The van der Waals surface area contributed by atoms with E-state index >= 15 is 0 Å². The second-order valence-electron chi connectivity index (χ2n) is 10.9. The summed E-state index contributed by atoms with van der Waals surface area (Å²) in [5.74, 6) is -0.620. The van der Waals surface area contributed by atoms with E-state index in [0.29, 0.717) is 12.2 Å². The molecule has 9 heteroatoms. The summed E-state index contributed by atoms with van der Waals surface area (Å²) in [7, 11) is -3.97. The highest BCUT2D eigenvalue weighted by Crippen LogP contribution is 2.28. The molecule has 1 aliphatic heterocycles. The maximum atomic E-state index is 13.6. The fourth-order valence-corrected chi connectivity index (χ4v) is 7.02. The van der Waals surface area contributed by atoms with E-state index < -0.39 is 27.3 Å². The first-order chi connectivity index (χ1) is 20.2. The predicted molar refractivity (Wildman–Crippen MR) is 164 cm³/mol. The zero-order chi connectivity index (χ0) is 29.7. The molecule has 1 aromatic heterocycles. The number of hydrogen-bond acceptors (Lipinski definition) is 5. The van der Waals surface area contributed by atoms with Crippen molar-refractivity contribution < 1.29 is 22.7 Å². The number of rotatable bonds is 9. The van der Waals surface area contributed by atoms with Gasteiger partial charge in [-0.15, -0.1) is 0 Å². The Morgan fingerprint density at radius 1 is 0.905 bits per heavy atom. The molecule has 1 saturated heterocycles. The largest absolute Gasteiger partial charge is 0.445 e. The lowest BCUT2D eigenvalue weighted by Crippen LogP contribution is -2.47. The van der Waals surface area contributed by atoms with Crippen molar-refractivity contribution in [2.45, 2.75) is 57.9 Å². The molecule has 1 fully saturated rings. The Labute approximate surface area is 247 Å². The zero-order valence-electron chi connectivity index (χ0n) is 24.1. The summed E-state index contributed by atoms with van der Waals surface area (Å²) in [6.07, 6.45) is 1.62. The Bertz CT molecular complexity index is 1660. The summed E-state index contributed by atoms with van der Waals surface area (Å²) in [6.45, 7) is 5.09. The van der Waals surface area contributed by atoms with Gasteiger partial charge in [0.2, 0.25) is 10.0 Å². The number of nitrogens with one attached hydrogen (secondary N) is 1. The molecule has 0 aliphatic carbocycles. The van der Waals surface area contributed by atoms with E-state index in [1.807, 2.05) is 85.1 Å². The molecular formula is C33H37N3O5S. The normalized spacial score (nSPS) is 14.2. The van der Waals surface area contributed by atoms with E-state index in [2.05, 4.69) is 16.9 Å². The number of benzene rings is 3. The molecule has 0 bridgehead atoms. The van der Waals surface area contributed by atoms with Gasteiger partial charge in [0.25, 0.3) is 5.91 Å². The second kappa shape index (κ2) is 12.8. The van der Waals surface area contributed by atoms with Crippen LogP contribution < -0.4 is 4.72 Å². The number of hydrogen-bond donors (Lipinski definition) is 1. The van der Waals surface area contributed by atoms with Crippen LogP contribution in [0.25, 0.3) is 10.9 Å². The maximum absolute atomic E-state index is 13.6. The van der Waals surface area contributed by atoms with Crippen LogP contribution in [0.2, 0.25) is 0 Å². The Balaban J connectivity index is 1.26. The number of ether oxygens (including phenoxy) is 1. The topological polar surface area (TPSA) is 97.7 Å². The first-order valence-corrected chi connectivity index (χ1v) is 15.9. The van der Waals surface area contributed by atoms with Crippen molar-refractivity contribution in [2.75, 3.05) is 13.1 Å². The molecule has 0 atom stereocenters. The standard InChI is InChI=1S/C33H37N3O5S/c1-24-15-16-29-25(2)31(36(30(29)22-24)19-9-14-26-10-5-3-6-11-26)32(37)34-42(39,40)28-17-20-35(21-18-28)33(38)41-23-27-12-7-4-8-13-27/h3-8,10-13,15-16,22,28H,9,14,17-21,23H2,1-2H3,(H,34,37). The minimum Gasteiger partial charge on any atom is -0.445 e. The van der Waals surface area contributed by atoms with Gasteiger partial charge in [0, 0.05) is 30.5 Å². The van der Waals surface area contributed by atoms with Crippen molar-refractivity contribution in [2.24, 2.45) is 0 Å². The van der Waals surface area contributed by atoms with Gasteiger partial charge in [0.15, 0.2) is 0 Å². The first-order valence-electron chi connectivity index (χ1n) is 14.4. The predicted octanol–water partition coefficient (Wildman–Crippen LogP) is 5.75. The molecule has 2 heterocycles. The molecule has 0 unspecified atom stereocenters. The SMILES string of the molecule is Cc1ccc2c(C)c(C(=O)NS(=O)(=O)C3CCN(C(=O)OCc4ccccc4)CC3)n(CCCc3ccccc3)c2c1. The van der Waals surface area contributed by atoms with Gasteiger partial charge in [0.05, 0.1) is 5.25 Å². The van der Waals surface area contributed by atoms with Crippen molar-refractivity contribution >= 4 is 32.9 Å². The quantitative estimate of drug-likeness (QED) is 0.269. The fourth-order valence-electron chi connectivity index (χ4n) is 5.66. The summed E-state index contributed by atoms with van der Waals surface area (Å²) < 4.78 is 36.5. The number of aryl methyl sites for hydroxylation is 4. The molecule has 220 valence electrons. The number of carbonyl (C=O) groups excluding carboxylic acids is 2. The van der Waals surface area contributed by atoms with Crippen LogP contribution in [0.4, 0.5) is 4.79 Å². The first kappa shape index (κ1) is 29.4. The molecule has 3 aromatic carbocycles. The van der Waals surface area contributed by atoms with Gasteiger partial charge in [-0.2, -0.15) is 0 Å². The molecular weight excluding hydrogens is 550 g/mol. The third-order valence-electron chi connectivity index (χ3n) is 7.96. The molecule has 2 amide bonds. The smallest absolute Gasteiger partial charge is 0.410 e. The van der Waals surface area contributed by atoms with Crippen LogP contribution in [-0.4, -0.2) is 48.2 Å². The molecule has 5 rings (SSSR count). The number of piperidine rings is 1. The third-order valence-corrected chi connectivity index (χ3v) is 9.78. The molecule has 0 spiro atoms. The van der Waals surface area contributed by atoms with E-state index in [9.17, 15) is 18.0 Å². The lowest BCUT2D eigenvalue weighted by Gasteiger charge is -2.31. The zero-order valence-corrected chi connectivity index (χ0v) is 24.9. The number of nitrogens with zero attached hydrogens (tertiary/aromatic N) is 2. The van der Waals surface area contributed by atoms with E-state index in [1.54, 1.807) is 0 Å². The Kier molecular flexibility index (Phi) is 8.97. The summed E-state index contributed by atoms with van der Waals surface area (Å²) in [5, 5.41) is 0.156. The van der Waals surface area contributed by atoms with Crippen molar-refractivity contribution in [3.05, 3.63) is 107 Å². The van der Waals surface area contributed by atoms with Gasteiger partial charge < -0.3 is 14.2 Å². The van der Waals surface area contributed by atoms with Gasteiger partial charge in [0.1, 0.15) is 12.3 Å². The highest BCUT2D eigenvalue weighted by Gasteiger charge is 2.34. The average Bonchev–Trinajstić information content (AvgIpc) is 3.27. The summed E-state index contributed by atoms with van der Waals surface area (Å²) in [4.78, 5) is 27.7. The van der Waals surface area contributed by atoms with Gasteiger partial charge in [-0.1, -0.05) is 72.8 Å². The van der Waals surface area contributed by atoms with Crippen LogP contribution in [0.15, 0.2) is 78.9 Å². The van der Waals surface area contributed by atoms with Crippen LogP contribution in [0.1, 0.15) is 52.0 Å². The minimum atomic E-state index is -3.97. The Morgan fingerprint density at radius 2 is 1.55 bits per heavy atom. The third kappa shape index (κ3) is 6.68. The van der Waals surface area contributed by atoms with Crippen LogP contribution in [0.3, 0.4) is 0 Å². The van der Waals surface area contributed by atoms with Gasteiger partial charge in [-0.05, 0) is 67.9 Å². The van der Waals surface area contributed by atoms with Crippen LogP contribution in [0.5, 0.6) is 0 Å². The lowest BCUT2D eigenvalue weighted by atomic mass is 10.1. The van der Waals surface area contributed by atoms with E-state index in [-0.39, 0.29) is 32.5 Å². The highest BCUT2D eigenvalue weighted by atomic mass is 32.2. The fraction of sp³-hybridized carbons (Fsp3) is 0.333. The summed E-state index contributed by atoms with van der Waals surface area (Å²) in [5.41, 5.74) is 5.21. The molecule has 0 saturated carbocycles. The number of likely N-dealkylation sites (tertiary alicyclic amines) is 1. The van der Waals surface area contributed by atoms with E-state index in [0.717, 1.165) is 40.4 Å². The number of fused-ring (bicyclic) bond motifs is 1. The molecule has 0 radical (unpaired) electrons. The van der Waals surface area contributed by atoms with Crippen LogP contribution in [-0.2, 0) is 34.3 Å². The average molecular weight is 588 g/mol. The number of amides is 2. The monoisotopic (exact) mass is 587 g/mol. The molecule has 1 aliphatic rings. The second-order valence-corrected chi connectivity index (χ2v) is 12.9.